The second-order valence-corrected chi connectivity index (χ2v) is 6.33. The molecule has 29 heavy (non-hydrogen) atoms. The van der Waals surface area contributed by atoms with Crippen LogP contribution in [0.1, 0.15) is 15.9 Å². The number of carbonyl (C=O) groups is 1. The Morgan fingerprint density at radius 1 is 1.14 bits per heavy atom. The fraction of sp³-hybridized carbons (Fsp3) is 0.0500. The molecule has 0 radical (unpaired) electrons. The van der Waals surface area contributed by atoms with Gasteiger partial charge in [-0.3, -0.25) is 9.89 Å². The number of aromatic nitrogens is 4. The molecule has 6 N–H and O–H groups in total. The number of nitrogens with one attached hydrogen (secondary N) is 3. The number of phenols is 1. The minimum absolute atomic E-state index is 0.193. The molecule has 0 spiro atoms. The monoisotopic (exact) mass is 389 g/mol. The van der Waals surface area contributed by atoms with Gasteiger partial charge in [-0.05, 0) is 48.0 Å². The maximum Gasteiger partial charge on any atom is 0.256 e. The van der Waals surface area contributed by atoms with Gasteiger partial charge in [-0.1, -0.05) is 12.1 Å². The first kappa shape index (κ1) is 18.1. The van der Waals surface area contributed by atoms with Gasteiger partial charge in [-0.15, -0.1) is 0 Å². The molecule has 0 bridgehead atoms. The summed E-state index contributed by atoms with van der Waals surface area (Å²) in [7, 11) is 0. The number of amides is 1. The van der Waals surface area contributed by atoms with E-state index >= 15 is 0 Å². The molecular formula is C20H19N7O2. The van der Waals surface area contributed by atoms with Gasteiger partial charge in [0.05, 0.1) is 5.69 Å². The fourth-order valence-corrected chi connectivity index (χ4v) is 2.86. The number of carbonyl (C=O) groups excluding carboxylic acids is 1. The van der Waals surface area contributed by atoms with Gasteiger partial charge in [0.25, 0.3) is 5.91 Å². The zero-order valence-electron chi connectivity index (χ0n) is 15.3. The van der Waals surface area contributed by atoms with Gasteiger partial charge in [0.1, 0.15) is 17.1 Å². The highest BCUT2D eigenvalue weighted by Gasteiger charge is 2.18. The lowest BCUT2D eigenvalue weighted by molar-refractivity contribution is 0.100. The van der Waals surface area contributed by atoms with Crippen LogP contribution in [0.4, 0.5) is 17.3 Å². The standard InChI is InChI=1S/C20H19N7O2/c21-18(29)17-19(22-12-13-2-8-16(28)9-3-13)25-26-20(17)24-14-4-6-15(7-5-14)27-11-1-10-23-27/h1-11,28H,12H2,(H2,21,29)(H3,22,24,25,26). The van der Waals surface area contributed by atoms with Gasteiger partial charge in [0.2, 0.25) is 0 Å². The first-order chi connectivity index (χ1) is 14.1. The van der Waals surface area contributed by atoms with Crippen LogP contribution in [0.15, 0.2) is 67.0 Å². The van der Waals surface area contributed by atoms with E-state index in [1.807, 2.05) is 36.5 Å². The van der Waals surface area contributed by atoms with E-state index in [-0.39, 0.29) is 11.3 Å². The van der Waals surface area contributed by atoms with Crippen LogP contribution in [0, 0.1) is 0 Å². The Labute approximate surface area is 166 Å². The number of aromatic hydroxyl groups is 1. The van der Waals surface area contributed by atoms with Crippen molar-refractivity contribution in [1.29, 1.82) is 0 Å². The van der Waals surface area contributed by atoms with E-state index in [0.29, 0.717) is 18.2 Å². The van der Waals surface area contributed by atoms with Crippen LogP contribution < -0.4 is 16.4 Å². The summed E-state index contributed by atoms with van der Waals surface area (Å²) in [5.41, 5.74) is 8.39. The Hall–Kier alpha value is -4.27. The Morgan fingerprint density at radius 3 is 2.55 bits per heavy atom. The zero-order chi connectivity index (χ0) is 20.2. The largest absolute Gasteiger partial charge is 0.508 e. The van der Waals surface area contributed by atoms with E-state index in [1.54, 1.807) is 35.1 Å². The van der Waals surface area contributed by atoms with E-state index in [9.17, 15) is 9.90 Å². The molecule has 2 aromatic heterocycles. The van der Waals surface area contributed by atoms with Crippen molar-refractivity contribution in [3.8, 4) is 11.4 Å². The van der Waals surface area contributed by atoms with Crippen molar-refractivity contribution in [3.05, 3.63) is 78.1 Å². The average molecular weight is 389 g/mol. The van der Waals surface area contributed by atoms with Gasteiger partial charge in [0.15, 0.2) is 5.82 Å². The number of rotatable bonds is 7. The number of hydrogen-bond acceptors (Lipinski definition) is 6. The maximum absolute atomic E-state index is 12.0. The van der Waals surface area contributed by atoms with Gasteiger partial charge in [-0.2, -0.15) is 10.2 Å². The van der Waals surface area contributed by atoms with Crippen molar-refractivity contribution in [1.82, 2.24) is 20.0 Å². The van der Waals surface area contributed by atoms with Crippen molar-refractivity contribution in [3.63, 3.8) is 0 Å². The highest BCUT2D eigenvalue weighted by atomic mass is 16.3. The topological polar surface area (TPSA) is 134 Å². The van der Waals surface area contributed by atoms with E-state index in [4.69, 9.17) is 5.73 Å². The molecule has 0 saturated heterocycles. The Kier molecular flexibility index (Phi) is 4.85. The summed E-state index contributed by atoms with van der Waals surface area (Å²) in [6.07, 6.45) is 3.56. The van der Waals surface area contributed by atoms with Gasteiger partial charge < -0.3 is 21.5 Å². The molecule has 2 aromatic carbocycles. The Balaban J connectivity index is 1.50. The maximum atomic E-state index is 12.0. The molecule has 0 fully saturated rings. The van der Waals surface area contributed by atoms with Crippen molar-refractivity contribution < 1.29 is 9.90 Å². The minimum atomic E-state index is -0.609. The number of aromatic amines is 1. The van der Waals surface area contributed by atoms with E-state index < -0.39 is 5.91 Å². The van der Waals surface area contributed by atoms with Crippen LogP contribution >= 0.6 is 0 Å². The summed E-state index contributed by atoms with van der Waals surface area (Å²) in [4.78, 5) is 12.0. The highest BCUT2D eigenvalue weighted by molar-refractivity contribution is 6.03. The molecule has 4 rings (SSSR count). The van der Waals surface area contributed by atoms with Crippen molar-refractivity contribution in [2.24, 2.45) is 5.73 Å². The van der Waals surface area contributed by atoms with Crippen LogP contribution in [0.3, 0.4) is 0 Å². The second-order valence-electron chi connectivity index (χ2n) is 6.33. The fourth-order valence-electron chi connectivity index (χ4n) is 2.86. The Bertz CT molecular complexity index is 1100. The summed E-state index contributed by atoms with van der Waals surface area (Å²) in [6, 6.07) is 16.1. The zero-order valence-corrected chi connectivity index (χ0v) is 15.3. The molecule has 0 aliphatic rings. The number of nitrogens with zero attached hydrogens (tertiary/aromatic N) is 3. The third kappa shape index (κ3) is 4.03. The molecule has 0 aliphatic heterocycles. The molecule has 0 unspecified atom stereocenters. The van der Waals surface area contributed by atoms with Crippen LogP contribution in [0.2, 0.25) is 0 Å². The lowest BCUT2D eigenvalue weighted by Gasteiger charge is -2.08. The summed E-state index contributed by atoms with van der Waals surface area (Å²) < 4.78 is 1.75. The molecule has 0 atom stereocenters. The summed E-state index contributed by atoms with van der Waals surface area (Å²) in [6.45, 7) is 0.431. The predicted octanol–water partition coefficient (Wildman–Crippen LogP) is 2.76. The number of anilines is 3. The first-order valence-electron chi connectivity index (χ1n) is 8.87. The molecule has 4 aromatic rings. The van der Waals surface area contributed by atoms with Gasteiger partial charge >= 0.3 is 0 Å². The normalized spacial score (nSPS) is 10.6. The smallest absolute Gasteiger partial charge is 0.256 e. The van der Waals surface area contributed by atoms with Gasteiger partial charge in [-0.25, -0.2) is 4.68 Å². The summed E-state index contributed by atoms with van der Waals surface area (Å²) in [5, 5.41) is 26.7. The molecule has 0 aliphatic carbocycles. The Morgan fingerprint density at radius 2 is 1.90 bits per heavy atom. The van der Waals surface area contributed by atoms with Crippen LogP contribution in [-0.4, -0.2) is 31.0 Å². The lowest BCUT2D eigenvalue weighted by Crippen LogP contribution is -2.15. The molecule has 146 valence electrons. The predicted molar refractivity (Wildman–Crippen MR) is 109 cm³/mol. The van der Waals surface area contributed by atoms with Crippen LogP contribution in [0.25, 0.3) is 5.69 Å². The second kappa shape index (κ2) is 7.77. The summed E-state index contributed by atoms with van der Waals surface area (Å²) >= 11 is 0. The van der Waals surface area contributed by atoms with Crippen molar-refractivity contribution in [2.45, 2.75) is 6.54 Å². The number of hydrogen-bond donors (Lipinski definition) is 5. The highest BCUT2D eigenvalue weighted by Crippen LogP contribution is 2.25. The quantitative estimate of drug-likeness (QED) is 0.330. The molecular weight excluding hydrogens is 370 g/mol. The molecule has 2 heterocycles. The molecule has 9 heteroatoms. The number of benzene rings is 2. The van der Waals surface area contributed by atoms with Crippen LogP contribution in [-0.2, 0) is 6.54 Å². The number of phenolic OH excluding ortho intramolecular Hbond substituents is 1. The van der Waals surface area contributed by atoms with E-state index in [0.717, 1.165) is 16.9 Å². The summed E-state index contributed by atoms with van der Waals surface area (Å²) in [5.74, 6) is 0.333. The van der Waals surface area contributed by atoms with Gasteiger partial charge in [0, 0.05) is 24.6 Å². The molecule has 0 saturated carbocycles. The number of primary amides is 1. The number of nitrogens with two attached hydrogens (primary N) is 1. The minimum Gasteiger partial charge on any atom is -0.508 e. The molecule has 1 amide bonds. The van der Waals surface area contributed by atoms with E-state index in [1.165, 1.54) is 0 Å². The number of H-pyrrole nitrogens is 1. The van der Waals surface area contributed by atoms with Crippen LogP contribution in [0.5, 0.6) is 5.75 Å². The lowest BCUT2D eigenvalue weighted by atomic mass is 10.2. The third-order valence-corrected chi connectivity index (χ3v) is 4.32. The first-order valence-corrected chi connectivity index (χ1v) is 8.87. The van der Waals surface area contributed by atoms with Crippen molar-refractivity contribution >= 4 is 23.2 Å². The SMILES string of the molecule is NC(=O)c1c(Nc2ccc(-n3cccn3)cc2)n[nH]c1NCc1ccc(O)cc1. The average Bonchev–Trinajstić information content (AvgIpc) is 3.38. The van der Waals surface area contributed by atoms with Crippen molar-refractivity contribution in [2.75, 3.05) is 10.6 Å². The molecule has 9 nitrogen and oxygen atoms in total. The van der Waals surface area contributed by atoms with E-state index in [2.05, 4.69) is 25.9 Å². The third-order valence-electron chi connectivity index (χ3n) is 4.32.